The summed E-state index contributed by atoms with van der Waals surface area (Å²) in [6.45, 7) is 14.8. The SMILES string of the molecule is CC(C)(C)c1cc(-c2nc3ccccc3c3c2oc2ccccc23)[c-]c2ccccc12.CCC(CC)C(=O)/C=C(\O)C(CC)CC.[Ir]. The molecule has 0 atom stereocenters. The van der Waals surface area contributed by atoms with E-state index in [4.69, 9.17) is 9.40 Å². The van der Waals surface area contributed by atoms with Gasteiger partial charge in [0.25, 0.3) is 0 Å². The predicted octanol–water partition coefficient (Wildman–Crippen LogP) is 11.9. The van der Waals surface area contributed by atoms with Crippen LogP contribution >= 0.6 is 0 Å². The second-order valence-corrected chi connectivity index (χ2v) is 13.2. The maximum Gasteiger partial charge on any atom is 0.162 e. The van der Waals surface area contributed by atoms with Crippen LogP contribution < -0.4 is 0 Å². The Bertz CT molecular complexity index is 2020. The molecule has 4 aromatic carbocycles. The van der Waals surface area contributed by atoms with Crippen molar-refractivity contribution in [1.82, 2.24) is 4.98 Å². The molecule has 1 N–H and O–H groups in total. The van der Waals surface area contributed by atoms with Crippen molar-refractivity contribution in [2.75, 3.05) is 0 Å². The predicted molar refractivity (Wildman–Crippen MR) is 193 cm³/mol. The molecule has 4 nitrogen and oxygen atoms in total. The normalized spacial score (nSPS) is 12.1. The molecular formula is C42H46IrNO3-. The van der Waals surface area contributed by atoms with Crippen LogP contribution in [-0.2, 0) is 30.3 Å². The Balaban J connectivity index is 0.000000269. The number of rotatable bonds is 8. The fourth-order valence-corrected chi connectivity index (χ4v) is 6.37. The molecule has 6 aromatic rings. The number of hydrogen-bond donors (Lipinski definition) is 1. The summed E-state index contributed by atoms with van der Waals surface area (Å²) in [5.41, 5.74) is 5.78. The number of carbonyl (C=O) groups is 1. The van der Waals surface area contributed by atoms with E-state index in [9.17, 15) is 9.90 Å². The van der Waals surface area contributed by atoms with Gasteiger partial charge in [0, 0.05) is 59.9 Å². The smallest absolute Gasteiger partial charge is 0.162 e. The standard InChI is InChI=1S/C29H22NO.C13H24O2.Ir/c1-29(2,3)23-17-19(16-18-10-4-5-11-20(18)23)27-28-26(21-12-6-8-14-24(21)30-27)22-13-7-9-15-25(22)31-28;1-5-10(6-2)12(14)9-13(15)11(7-3)8-4;/h4-15,17H,1-3H3;9-11,14H,5-8H2,1-4H3;/q-1;;/b;12-9-;. The number of fused-ring (bicyclic) bond motifs is 6. The van der Waals surface area contributed by atoms with Crippen LogP contribution in [0, 0.1) is 17.9 Å². The van der Waals surface area contributed by atoms with Crippen LogP contribution in [0.3, 0.4) is 0 Å². The van der Waals surface area contributed by atoms with Gasteiger partial charge in [0.15, 0.2) is 5.78 Å². The average molecular weight is 805 g/mol. The summed E-state index contributed by atoms with van der Waals surface area (Å²) in [4.78, 5) is 16.8. The summed E-state index contributed by atoms with van der Waals surface area (Å²) in [7, 11) is 0. The molecule has 0 unspecified atom stereocenters. The van der Waals surface area contributed by atoms with E-state index in [-0.39, 0.29) is 48.9 Å². The van der Waals surface area contributed by atoms with E-state index < -0.39 is 0 Å². The van der Waals surface area contributed by atoms with E-state index in [2.05, 4.69) is 87.5 Å². The number of para-hydroxylation sites is 2. The Morgan fingerprint density at radius 2 is 1.40 bits per heavy atom. The van der Waals surface area contributed by atoms with Crippen LogP contribution in [-0.4, -0.2) is 15.9 Å². The summed E-state index contributed by atoms with van der Waals surface area (Å²) in [6.07, 6.45) is 4.91. The van der Waals surface area contributed by atoms with Crippen molar-refractivity contribution in [3.05, 3.63) is 102 Å². The zero-order valence-corrected chi connectivity index (χ0v) is 31.0. The molecule has 2 heterocycles. The van der Waals surface area contributed by atoms with Gasteiger partial charge in [-0.15, -0.1) is 29.1 Å². The molecular weight excluding hydrogens is 759 g/mol. The van der Waals surface area contributed by atoms with Gasteiger partial charge in [-0.25, -0.2) is 0 Å². The number of pyridine rings is 1. The van der Waals surface area contributed by atoms with Gasteiger partial charge in [0.1, 0.15) is 11.2 Å². The minimum Gasteiger partial charge on any atom is -0.512 e. The monoisotopic (exact) mass is 805 g/mol. The molecule has 0 aliphatic rings. The van der Waals surface area contributed by atoms with E-state index in [1.54, 1.807) is 0 Å². The number of benzene rings is 4. The van der Waals surface area contributed by atoms with Gasteiger partial charge in [0.2, 0.25) is 0 Å². The van der Waals surface area contributed by atoms with Crippen molar-refractivity contribution < 1.29 is 34.4 Å². The maximum absolute atomic E-state index is 11.7. The van der Waals surface area contributed by atoms with Crippen molar-refractivity contribution in [1.29, 1.82) is 0 Å². The molecule has 5 heteroatoms. The Hall–Kier alpha value is -3.79. The topological polar surface area (TPSA) is 63.3 Å². The maximum atomic E-state index is 11.7. The summed E-state index contributed by atoms with van der Waals surface area (Å²) >= 11 is 0. The fourth-order valence-electron chi connectivity index (χ4n) is 6.37. The van der Waals surface area contributed by atoms with Crippen molar-refractivity contribution in [2.24, 2.45) is 11.8 Å². The molecule has 1 radical (unpaired) electrons. The van der Waals surface area contributed by atoms with E-state index >= 15 is 0 Å². The van der Waals surface area contributed by atoms with Crippen molar-refractivity contribution in [3.8, 4) is 11.3 Å². The van der Waals surface area contributed by atoms with Gasteiger partial charge >= 0.3 is 0 Å². The van der Waals surface area contributed by atoms with Gasteiger partial charge in [-0.05, 0) is 43.2 Å². The van der Waals surface area contributed by atoms with Crippen LogP contribution in [0.5, 0.6) is 0 Å². The van der Waals surface area contributed by atoms with Gasteiger partial charge in [-0.3, -0.25) is 9.78 Å². The third kappa shape index (κ3) is 7.53. The number of ketones is 1. The molecule has 0 aliphatic heterocycles. The molecule has 0 saturated heterocycles. The largest absolute Gasteiger partial charge is 0.512 e. The first kappa shape index (κ1) is 36.1. The first-order valence-electron chi connectivity index (χ1n) is 16.7. The number of hydrogen-bond acceptors (Lipinski definition) is 4. The number of furan rings is 1. The Morgan fingerprint density at radius 3 is 2.04 bits per heavy atom. The Kier molecular flexibility index (Phi) is 11.8. The summed E-state index contributed by atoms with van der Waals surface area (Å²) < 4.78 is 6.40. The van der Waals surface area contributed by atoms with Crippen molar-refractivity contribution >= 4 is 49.4 Å². The summed E-state index contributed by atoms with van der Waals surface area (Å²) in [6, 6.07) is 30.9. The number of nitrogens with zero attached hydrogens (tertiary/aromatic N) is 1. The molecule has 0 aliphatic carbocycles. The van der Waals surface area contributed by atoms with Crippen LogP contribution in [0.2, 0.25) is 0 Å². The molecule has 0 bridgehead atoms. The van der Waals surface area contributed by atoms with Gasteiger partial charge in [0.05, 0.1) is 11.3 Å². The van der Waals surface area contributed by atoms with E-state index in [0.29, 0.717) is 0 Å². The van der Waals surface area contributed by atoms with E-state index in [1.807, 2.05) is 45.9 Å². The van der Waals surface area contributed by atoms with Crippen molar-refractivity contribution in [2.45, 2.75) is 79.6 Å². The number of allylic oxidation sites excluding steroid dienone is 2. The fraction of sp³-hybridized carbons (Fsp3) is 0.333. The molecule has 0 fully saturated rings. The van der Waals surface area contributed by atoms with Gasteiger partial charge in [-0.2, -0.15) is 0 Å². The number of carbonyl (C=O) groups excluding carboxylic acids is 1. The second-order valence-electron chi connectivity index (χ2n) is 13.2. The van der Waals surface area contributed by atoms with Crippen LogP contribution in [0.25, 0.3) is 54.9 Å². The first-order valence-corrected chi connectivity index (χ1v) is 16.7. The number of aromatic nitrogens is 1. The van der Waals surface area contributed by atoms with Gasteiger partial charge in [-0.1, -0.05) is 114 Å². The molecule has 0 spiro atoms. The average Bonchev–Trinajstić information content (AvgIpc) is 3.45. The zero-order valence-electron chi connectivity index (χ0n) is 28.6. The second kappa shape index (κ2) is 15.4. The van der Waals surface area contributed by atoms with Gasteiger partial charge < -0.3 is 9.52 Å². The quantitative estimate of drug-likeness (QED) is 0.0945. The minimum absolute atomic E-state index is 0. The van der Waals surface area contributed by atoms with Crippen molar-refractivity contribution in [3.63, 3.8) is 0 Å². The molecule has 0 saturated carbocycles. The molecule has 2 aromatic heterocycles. The number of aliphatic hydroxyl groups excluding tert-OH is 1. The van der Waals surface area contributed by atoms with E-state index in [0.717, 1.165) is 75.2 Å². The zero-order chi connectivity index (χ0) is 33.0. The molecule has 247 valence electrons. The third-order valence-electron chi connectivity index (χ3n) is 9.14. The van der Waals surface area contributed by atoms with Crippen LogP contribution in [0.1, 0.15) is 79.7 Å². The molecule has 47 heavy (non-hydrogen) atoms. The minimum atomic E-state index is -0.00665. The summed E-state index contributed by atoms with van der Waals surface area (Å²) in [5.74, 6) is 0.547. The van der Waals surface area contributed by atoms with Crippen LogP contribution in [0.15, 0.2) is 95.1 Å². The Morgan fingerprint density at radius 1 is 0.830 bits per heavy atom. The molecule has 0 amide bonds. The Labute approximate surface area is 292 Å². The summed E-state index contributed by atoms with van der Waals surface area (Å²) in [5, 5.41) is 15.5. The number of aliphatic hydroxyl groups is 1. The molecule has 6 rings (SSSR count). The van der Waals surface area contributed by atoms with E-state index in [1.165, 1.54) is 17.0 Å². The first-order chi connectivity index (χ1) is 22.1. The third-order valence-corrected chi connectivity index (χ3v) is 9.14. The van der Waals surface area contributed by atoms with Crippen LogP contribution in [0.4, 0.5) is 0 Å².